The molecule has 1 aliphatic rings. The molecule has 3 heterocycles. The molecule has 4 rings (SSSR count). The predicted molar refractivity (Wildman–Crippen MR) is 98.2 cm³/mol. The van der Waals surface area contributed by atoms with Crippen LogP contribution in [0.1, 0.15) is 28.9 Å². The van der Waals surface area contributed by atoms with Gasteiger partial charge in [-0.25, -0.2) is 19.3 Å². The molecule has 138 valence electrons. The van der Waals surface area contributed by atoms with E-state index in [1.807, 2.05) is 6.07 Å². The van der Waals surface area contributed by atoms with E-state index in [1.165, 1.54) is 31.3 Å². The van der Waals surface area contributed by atoms with E-state index in [0.29, 0.717) is 18.1 Å². The number of amides is 1. The van der Waals surface area contributed by atoms with Gasteiger partial charge >= 0.3 is 0 Å². The number of hydrogen-bond acceptors (Lipinski definition) is 5. The summed E-state index contributed by atoms with van der Waals surface area (Å²) in [7, 11) is 0. The lowest BCUT2D eigenvalue weighted by Crippen LogP contribution is -2.23. The highest BCUT2D eigenvalue weighted by Crippen LogP contribution is 2.19. The first kappa shape index (κ1) is 17.1. The Labute approximate surface area is 155 Å². The van der Waals surface area contributed by atoms with Gasteiger partial charge in [0.25, 0.3) is 5.91 Å². The van der Waals surface area contributed by atoms with Crippen molar-refractivity contribution in [1.82, 2.24) is 24.8 Å². The van der Waals surface area contributed by atoms with Gasteiger partial charge in [-0.15, -0.1) is 0 Å². The highest BCUT2D eigenvalue weighted by molar-refractivity contribution is 5.92. The van der Waals surface area contributed by atoms with Crippen molar-refractivity contribution in [2.75, 3.05) is 18.0 Å². The molecule has 1 fully saturated rings. The summed E-state index contributed by atoms with van der Waals surface area (Å²) in [6.07, 6.45) is 7.06. The highest BCUT2D eigenvalue weighted by atomic mass is 19.1. The molecule has 0 aliphatic carbocycles. The standard InChI is InChI=1S/C19H19FN6O/c20-15-5-3-14(4-6-15)10-21-19(27)16-11-26(13-24-16)18-9-17(22-12-23-18)25-7-1-2-8-25/h3-6,9,11-13H,1-2,7-8,10H2,(H,21,27). The molecule has 0 radical (unpaired) electrons. The summed E-state index contributed by atoms with van der Waals surface area (Å²) in [4.78, 5) is 27.3. The van der Waals surface area contributed by atoms with E-state index in [-0.39, 0.29) is 11.7 Å². The minimum Gasteiger partial charge on any atom is -0.356 e. The van der Waals surface area contributed by atoms with Crippen LogP contribution >= 0.6 is 0 Å². The number of anilines is 1. The van der Waals surface area contributed by atoms with E-state index in [2.05, 4.69) is 25.2 Å². The summed E-state index contributed by atoms with van der Waals surface area (Å²) >= 11 is 0. The minimum absolute atomic E-state index is 0.290. The number of carbonyl (C=O) groups excluding carboxylic acids is 1. The topological polar surface area (TPSA) is 75.9 Å². The minimum atomic E-state index is -0.304. The second-order valence-corrected chi connectivity index (χ2v) is 6.40. The van der Waals surface area contributed by atoms with Crippen molar-refractivity contribution in [2.24, 2.45) is 0 Å². The van der Waals surface area contributed by atoms with Crippen LogP contribution in [0.4, 0.5) is 10.2 Å². The SMILES string of the molecule is O=C(NCc1ccc(F)cc1)c1cn(-c2cc(N3CCCC3)ncn2)cn1. The first-order valence-corrected chi connectivity index (χ1v) is 8.83. The van der Waals surface area contributed by atoms with Crippen LogP contribution in [0.15, 0.2) is 49.2 Å². The quantitative estimate of drug-likeness (QED) is 0.750. The van der Waals surface area contributed by atoms with Gasteiger partial charge in [0, 0.05) is 31.9 Å². The lowest BCUT2D eigenvalue weighted by molar-refractivity contribution is 0.0946. The van der Waals surface area contributed by atoms with Crippen molar-refractivity contribution >= 4 is 11.7 Å². The normalized spacial score (nSPS) is 13.7. The van der Waals surface area contributed by atoms with Crippen molar-refractivity contribution in [3.8, 4) is 5.82 Å². The maximum atomic E-state index is 12.9. The Morgan fingerprint density at radius 3 is 2.59 bits per heavy atom. The third-order valence-corrected chi connectivity index (χ3v) is 4.51. The molecule has 1 amide bonds. The van der Waals surface area contributed by atoms with Gasteiger partial charge in [-0.05, 0) is 30.5 Å². The smallest absolute Gasteiger partial charge is 0.271 e. The number of halogens is 1. The fourth-order valence-electron chi connectivity index (χ4n) is 3.04. The van der Waals surface area contributed by atoms with E-state index in [4.69, 9.17) is 0 Å². The lowest BCUT2D eigenvalue weighted by atomic mass is 10.2. The molecule has 0 atom stereocenters. The van der Waals surface area contributed by atoms with Crippen LogP contribution < -0.4 is 10.2 Å². The molecule has 1 N–H and O–H groups in total. The number of nitrogens with one attached hydrogen (secondary N) is 1. The molecule has 8 heteroatoms. The van der Waals surface area contributed by atoms with Crippen LogP contribution in [-0.4, -0.2) is 38.5 Å². The van der Waals surface area contributed by atoms with Crippen LogP contribution in [0.2, 0.25) is 0 Å². The maximum absolute atomic E-state index is 12.9. The van der Waals surface area contributed by atoms with Gasteiger partial charge in [-0.1, -0.05) is 12.1 Å². The van der Waals surface area contributed by atoms with Gasteiger partial charge in [0.15, 0.2) is 0 Å². The van der Waals surface area contributed by atoms with Crippen molar-refractivity contribution in [3.05, 3.63) is 66.3 Å². The Bertz CT molecular complexity index is 933. The first-order valence-electron chi connectivity index (χ1n) is 8.83. The maximum Gasteiger partial charge on any atom is 0.271 e. The van der Waals surface area contributed by atoms with E-state index in [9.17, 15) is 9.18 Å². The molecule has 1 saturated heterocycles. The molecule has 0 unspecified atom stereocenters. The van der Waals surface area contributed by atoms with Crippen LogP contribution in [0.25, 0.3) is 5.82 Å². The van der Waals surface area contributed by atoms with Gasteiger partial charge in [-0.3, -0.25) is 9.36 Å². The summed E-state index contributed by atoms with van der Waals surface area (Å²) in [5.41, 5.74) is 1.11. The monoisotopic (exact) mass is 366 g/mol. The summed E-state index contributed by atoms with van der Waals surface area (Å²) in [6.45, 7) is 2.30. The van der Waals surface area contributed by atoms with E-state index < -0.39 is 0 Å². The molecule has 27 heavy (non-hydrogen) atoms. The Morgan fingerprint density at radius 1 is 1.07 bits per heavy atom. The number of rotatable bonds is 5. The summed E-state index contributed by atoms with van der Waals surface area (Å²) < 4.78 is 14.6. The summed E-state index contributed by atoms with van der Waals surface area (Å²) in [5.74, 6) is 0.944. The van der Waals surface area contributed by atoms with Crippen molar-refractivity contribution < 1.29 is 9.18 Å². The molecule has 7 nitrogen and oxygen atoms in total. The van der Waals surface area contributed by atoms with Crippen molar-refractivity contribution in [2.45, 2.75) is 19.4 Å². The molecule has 0 bridgehead atoms. The number of imidazole rings is 1. The van der Waals surface area contributed by atoms with Gasteiger partial charge in [0.05, 0.1) is 0 Å². The Morgan fingerprint density at radius 2 is 1.81 bits per heavy atom. The largest absolute Gasteiger partial charge is 0.356 e. The molecular formula is C19H19FN6O. The summed E-state index contributed by atoms with van der Waals surface area (Å²) in [5, 5.41) is 2.78. The molecule has 1 aliphatic heterocycles. The second kappa shape index (κ2) is 7.53. The van der Waals surface area contributed by atoms with Crippen molar-refractivity contribution in [1.29, 1.82) is 0 Å². The Hall–Kier alpha value is -3.29. The molecule has 3 aromatic rings. The summed E-state index contributed by atoms with van der Waals surface area (Å²) in [6, 6.07) is 7.89. The lowest BCUT2D eigenvalue weighted by Gasteiger charge is -2.16. The van der Waals surface area contributed by atoms with Crippen LogP contribution in [-0.2, 0) is 6.54 Å². The average molecular weight is 366 g/mol. The fraction of sp³-hybridized carbons (Fsp3) is 0.263. The predicted octanol–water partition coefficient (Wildman–Crippen LogP) is 2.33. The van der Waals surface area contributed by atoms with E-state index >= 15 is 0 Å². The molecule has 2 aromatic heterocycles. The Kier molecular flexibility index (Phi) is 4.78. The number of nitrogens with zero attached hydrogens (tertiary/aromatic N) is 5. The third kappa shape index (κ3) is 3.94. The fourth-order valence-corrected chi connectivity index (χ4v) is 3.04. The van der Waals surface area contributed by atoms with Crippen LogP contribution in [0, 0.1) is 5.82 Å². The first-order chi connectivity index (χ1) is 13.2. The molecule has 0 saturated carbocycles. The Balaban J connectivity index is 1.44. The molecule has 1 aromatic carbocycles. The molecule has 0 spiro atoms. The van der Waals surface area contributed by atoms with Gasteiger partial charge < -0.3 is 10.2 Å². The number of benzene rings is 1. The van der Waals surface area contributed by atoms with E-state index in [1.54, 1.807) is 29.2 Å². The van der Waals surface area contributed by atoms with Crippen LogP contribution in [0.5, 0.6) is 0 Å². The average Bonchev–Trinajstić information content (AvgIpc) is 3.39. The molecular weight excluding hydrogens is 347 g/mol. The van der Waals surface area contributed by atoms with Gasteiger partial charge in [0.2, 0.25) is 0 Å². The van der Waals surface area contributed by atoms with E-state index in [0.717, 1.165) is 24.5 Å². The zero-order valence-electron chi connectivity index (χ0n) is 14.7. The zero-order valence-corrected chi connectivity index (χ0v) is 14.7. The highest BCUT2D eigenvalue weighted by Gasteiger charge is 2.15. The van der Waals surface area contributed by atoms with Crippen LogP contribution in [0.3, 0.4) is 0 Å². The second-order valence-electron chi connectivity index (χ2n) is 6.40. The van der Waals surface area contributed by atoms with Crippen molar-refractivity contribution in [3.63, 3.8) is 0 Å². The third-order valence-electron chi connectivity index (χ3n) is 4.51. The van der Waals surface area contributed by atoms with Gasteiger partial charge in [0.1, 0.15) is 35.8 Å². The number of hydrogen-bond donors (Lipinski definition) is 1. The van der Waals surface area contributed by atoms with Gasteiger partial charge in [-0.2, -0.15) is 0 Å². The number of aromatic nitrogens is 4. The number of carbonyl (C=O) groups is 1. The zero-order chi connectivity index (χ0) is 18.6.